The van der Waals surface area contributed by atoms with E-state index in [1.54, 1.807) is 0 Å². The molecule has 90 valence electrons. The van der Waals surface area contributed by atoms with Gasteiger partial charge in [0, 0.05) is 12.6 Å². The molecule has 0 spiro atoms. The van der Waals surface area contributed by atoms with E-state index in [2.05, 4.69) is 15.0 Å². The van der Waals surface area contributed by atoms with Crippen LogP contribution in [0.4, 0.5) is 0 Å². The highest BCUT2D eigenvalue weighted by atomic mass is 16.5. The molecule has 1 saturated carbocycles. The average molecular weight is 225 g/mol. The Bertz CT molecular complexity index is 323. The number of nitrogens with zero attached hydrogens (tertiary/aromatic N) is 3. The van der Waals surface area contributed by atoms with E-state index in [0.717, 1.165) is 25.9 Å². The molecule has 0 saturated heterocycles. The van der Waals surface area contributed by atoms with Gasteiger partial charge in [0.15, 0.2) is 5.82 Å². The van der Waals surface area contributed by atoms with Gasteiger partial charge in [-0.05, 0) is 39.2 Å². The van der Waals surface area contributed by atoms with Gasteiger partial charge in [0.05, 0.1) is 6.54 Å². The maximum atomic E-state index is 8.77. The normalized spacial score (nSPS) is 15.9. The van der Waals surface area contributed by atoms with Crippen LogP contribution in [0.5, 0.6) is 0 Å². The van der Waals surface area contributed by atoms with Crippen molar-refractivity contribution in [2.24, 2.45) is 0 Å². The molecule has 1 heterocycles. The standard InChI is InChI=1S/C11H19N3O2/c1-9-12-11(16-13-9)8-14(10-4-5-10)6-2-3-7-15/h10,15H,2-8H2,1H3. The maximum Gasteiger partial charge on any atom is 0.240 e. The van der Waals surface area contributed by atoms with Crippen molar-refractivity contribution in [3.63, 3.8) is 0 Å². The molecule has 1 N–H and O–H groups in total. The number of aliphatic hydroxyl groups is 1. The molecule has 0 atom stereocenters. The van der Waals surface area contributed by atoms with Crippen LogP contribution in [0, 0.1) is 6.92 Å². The minimum Gasteiger partial charge on any atom is -0.396 e. The van der Waals surface area contributed by atoms with Gasteiger partial charge in [0.2, 0.25) is 5.89 Å². The Hall–Kier alpha value is -0.940. The predicted octanol–water partition coefficient (Wildman–Crippen LogP) is 1.11. The molecule has 0 aromatic carbocycles. The van der Waals surface area contributed by atoms with Crippen molar-refractivity contribution in [1.82, 2.24) is 15.0 Å². The lowest BCUT2D eigenvalue weighted by molar-refractivity contribution is 0.203. The summed E-state index contributed by atoms with van der Waals surface area (Å²) < 4.78 is 5.13. The van der Waals surface area contributed by atoms with Crippen LogP contribution in [-0.4, -0.2) is 39.3 Å². The van der Waals surface area contributed by atoms with Crippen LogP contribution in [0.15, 0.2) is 4.52 Å². The minimum absolute atomic E-state index is 0.276. The summed E-state index contributed by atoms with van der Waals surface area (Å²) in [4.78, 5) is 6.60. The van der Waals surface area contributed by atoms with Crippen LogP contribution in [0.3, 0.4) is 0 Å². The second kappa shape index (κ2) is 5.41. The number of aryl methyl sites for hydroxylation is 1. The quantitative estimate of drug-likeness (QED) is 0.704. The van der Waals surface area contributed by atoms with Crippen molar-refractivity contribution in [1.29, 1.82) is 0 Å². The van der Waals surface area contributed by atoms with E-state index in [9.17, 15) is 0 Å². The van der Waals surface area contributed by atoms with Crippen LogP contribution < -0.4 is 0 Å². The summed E-state index contributed by atoms with van der Waals surface area (Å²) in [6, 6.07) is 0.686. The van der Waals surface area contributed by atoms with E-state index < -0.39 is 0 Å². The highest BCUT2D eigenvalue weighted by molar-refractivity contribution is 4.89. The van der Waals surface area contributed by atoms with Gasteiger partial charge in [-0.1, -0.05) is 5.16 Å². The van der Waals surface area contributed by atoms with Gasteiger partial charge < -0.3 is 9.63 Å². The number of rotatable bonds is 7. The molecule has 0 aliphatic heterocycles. The van der Waals surface area contributed by atoms with Gasteiger partial charge in [-0.3, -0.25) is 4.90 Å². The van der Waals surface area contributed by atoms with E-state index in [-0.39, 0.29) is 6.61 Å². The maximum absolute atomic E-state index is 8.77. The largest absolute Gasteiger partial charge is 0.396 e. The van der Waals surface area contributed by atoms with E-state index >= 15 is 0 Å². The molecule has 1 fully saturated rings. The molecule has 0 radical (unpaired) electrons. The molecule has 1 aromatic rings. The molecule has 5 heteroatoms. The van der Waals surface area contributed by atoms with Crippen LogP contribution in [0.2, 0.25) is 0 Å². The summed E-state index contributed by atoms with van der Waals surface area (Å²) in [5.74, 6) is 1.40. The van der Waals surface area contributed by atoms with Crippen molar-refractivity contribution in [2.45, 2.75) is 45.2 Å². The minimum atomic E-state index is 0.276. The Morgan fingerprint density at radius 3 is 2.81 bits per heavy atom. The van der Waals surface area contributed by atoms with Crippen molar-refractivity contribution < 1.29 is 9.63 Å². The lowest BCUT2D eigenvalue weighted by atomic mass is 10.3. The lowest BCUT2D eigenvalue weighted by Gasteiger charge is -2.19. The zero-order valence-electron chi connectivity index (χ0n) is 9.72. The fourth-order valence-corrected chi connectivity index (χ4v) is 1.84. The van der Waals surface area contributed by atoms with E-state index in [0.29, 0.717) is 17.8 Å². The SMILES string of the molecule is Cc1noc(CN(CCCCO)C2CC2)n1. The predicted molar refractivity (Wildman–Crippen MR) is 58.8 cm³/mol. The van der Waals surface area contributed by atoms with E-state index in [1.165, 1.54) is 12.8 Å². The van der Waals surface area contributed by atoms with Crippen molar-refractivity contribution in [3.8, 4) is 0 Å². The van der Waals surface area contributed by atoms with Crippen LogP contribution in [0.25, 0.3) is 0 Å². The van der Waals surface area contributed by atoms with Crippen LogP contribution in [0.1, 0.15) is 37.4 Å². The molecule has 1 aliphatic rings. The number of hydrogen-bond acceptors (Lipinski definition) is 5. The number of aliphatic hydroxyl groups excluding tert-OH is 1. The van der Waals surface area contributed by atoms with Crippen molar-refractivity contribution in [3.05, 3.63) is 11.7 Å². The third-order valence-electron chi connectivity index (χ3n) is 2.82. The highest BCUT2D eigenvalue weighted by Gasteiger charge is 2.29. The van der Waals surface area contributed by atoms with Gasteiger partial charge in [-0.2, -0.15) is 4.98 Å². The van der Waals surface area contributed by atoms with Gasteiger partial charge in [0.25, 0.3) is 0 Å². The summed E-state index contributed by atoms with van der Waals surface area (Å²) in [6.45, 7) is 3.86. The fraction of sp³-hybridized carbons (Fsp3) is 0.818. The molecular weight excluding hydrogens is 206 g/mol. The molecule has 0 unspecified atom stereocenters. The monoisotopic (exact) mass is 225 g/mol. The first-order valence-electron chi connectivity index (χ1n) is 5.93. The van der Waals surface area contributed by atoms with Gasteiger partial charge >= 0.3 is 0 Å². The Kier molecular flexibility index (Phi) is 3.90. The van der Waals surface area contributed by atoms with Gasteiger partial charge in [-0.25, -0.2) is 0 Å². The number of unbranched alkanes of at least 4 members (excludes halogenated alkanes) is 1. The smallest absolute Gasteiger partial charge is 0.240 e. The summed E-state index contributed by atoms with van der Waals surface area (Å²) in [5.41, 5.74) is 0. The second-order valence-corrected chi connectivity index (χ2v) is 4.37. The Morgan fingerprint density at radius 2 is 2.25 bits per heavy atom. The van der Waals surface area contributed by atoms with Gasteiger partial charge in [-0.15, -0.1) is 0 Å². The third kappa shape index (κ3) is 3.28. The number of aromatic nitrogens is 2. The molecule has 0 bridgehead atoms. The zero-order chi connectivity index (χ0) is 11.4. The molecular formula is C11H19N3O2. The third-order valence-corrected chi connectivity index (χ3v) is 2.82. The molecule has 16 heavy (non-hydrogen) atoms. The second-order valence-electron chi connectivity index (χ2n) is 4.37. The molecule has 1 aliphatic carbocycles. The number of hydrogen-bond donors (Lipinski definition) is 1. The van der Waals surface area contributed by atoms with Crippen molar-refractivity contribution in [2.75, 3.05) is 13.2 Å². The van der Waals surface area contributed by atoms with Crippen LogP contribution >= 0.6 is 0 Å². The topological polar surface area (TPSA) is 62.4 Å². The van der Waals surface area contributed by atoms with E-state index in [4.69, 9.17) is 9.63 Å². The summed E-state index contributed by atoms with van der Waals surface area (Å²) in [7, 11) is 0. The molecule has 2 rings (SSSR count). The van der Waals surface area contributed by atoms with Crippen molar-refractivity contribution >= 4 is 0 Å². The Balaban J connectivity index is 1.82. The zero-order valence-corrected chi connectivity index (χ0v) is 9.72. The average Bonchev–Trinajstić information content (AvgIpc) is 3.02. The molecule has 1 aromatic heterocycles. The molecule has 0 amide bonds. The van der Waals surface area contributed by atoms with Gasteiger partial charge in [0.1, 0.15) is 0 Å². The first kappa shape index (κ1) is 11.5. The Labute approximate surface area is 95.4 Å². The fourth-order valence-electron chi connectivity index (χ4n) is 1.84. The van der Waals surface area contributed by atoms with Crippen LogP contribution in [-0.2, 0) is 6.54 Å². The Morgan fingerprint density at radius 1 is 1.44 bits per heavy atom. The summed E-state index contributed by atoms with van der Waals surface area (Å²) in [6.07, 6.45) is 4.44. The van der Waals surface area contributed by atoms with E-state index in [1.807, 2.05) is 6.92 Å². The highest BCUT2D eigenvalue weighted by Crippen LogP contribution is 2.28. The lowest BCUT2D eigenvalue weighted by Crippen LogP contribution is -2.27. The summed E-state index contributed by atoms with van der Waals surface area (Å²) in [5, 5.41) is 12.6. The summed E-state index contributed by atoms with van der Waals surface area (Å²) >= 11 is 0. The molecule has 5 nitrogen and oxygen atoms in total. The first-order chi connectivity index (χ1) is 7.79. The first-order valence-corrected chi connectivity index (χ1v) is 5.93.